The van der Waals surface area contributed by atoms with E-state index in [1.165, 1.54) is 6.42 Å². The van der Waals surface area contributed by atoms with Crippen molar-refractivity contribution in [2.75, 3.05) is 0 Å². The van der Waals surface area contributed by atoms with Gasteiger partial charge in [-0.3, -0.25) is 4.79 Å². The number of Topliss-reactive ketones (excluding diaryl/α,β-unsaturated/α-hetero) is 1. The average molecular weight is 177 g/mol. The molecule has 2 heteroatoms. The van der Waals surface area contributed by atoms with Crippen molar-refractivity contribution in [3.05, 3.63) is 0 Å². The fraction of sp³-hybridized carbons (Fsp3) is 0.900. The van der Waals surface area contributed by atoms with Crippen LogP contribution in [0.2, 0.25) is 0 Å². The van der Waals surface area contributed by atoms with E-state index < -0.39 is 0 Å². The highest BCUT2D eigenvalue weighted by molar-refractivity contribution is 5.89. The van der Waals surface area contributed by atoms with Crippen LogP contribution in [0.25, 0.3) is 0 Å². The van der Waals surface area contributed by atoms with Gasteiger partial charge in [-0.25, -0.2) is 0 Å². The van der Waals surface area contributed by atoms with Crippen LogP contribution >= 0.6 is 0 Å². The van der Waals surface area contributed by atoms with Crippen LogP contribution in [0, 0.1) is 16.7 Å². The molecule has 64 valence electrons. The molecule has 2 atom stereocenters. The summed E-state index contributed by atoms with van der Waals surface area (Å²) in [6.45, 7) is 6.67. The Morgan fingerprint density at radius 2 is 1.92 bits per heavy atom. The molecule has 2 rings (SSSR count). The summed E-state index contributed by atoms with van der Waals surface area (Å²) in [5.74, 6) is 1.19. The Kier molecular flexibility index (Phi) is 2.38. The van der Waals surface area contributed by atoms with E-state index in [2.05, 4.69) is 20.8 Å². The van der Waals surface area contributed by atoms with Gasteiger partial charge in [0.25, 0.3) is 0 Å². The highest BCUT2D eigenvalue weighted by atomic mass is 24.3. The Hall–Kier alpha value is 0.436. The molecule has 2 unspecified atom stereocenters. The first kappa shape index (κ1) is 10.5. The zero-order valence-electron chi connectivity index (χ0n) is 8.31. The molecular formula is C10H16MgO. The highest BCUT2D eigenvalue weighted by Crippen LogP contribution is 2.63. The quantitative estimate of drug-likeness (QED) is 0.516. The molecule has 0 aromatic heterocycles. The maximum Gasteiger partial charge on any atom is 0.139 e. The number of carbonyl (C=O) groups is 1. The van der Waals surface area contributed by atoms with Gasteiger partial charge in [0.05, 0.1) is 0 Å². The number of carbonyl (C=O) groups excluding carboxylic acids is 1. The molecule has 0 aliphatic heterocycles. The molecule has 12 heavy (non-hydrogen) atoms. The molecule has 0 heterocycles. The standard InChI is InChI=1S/C10H16O.Mg/c1-9(2)7-4-5-10(9,3)8(11)6-7;/h7H,4-6H2,1-3H3;. The van der Waals surface area contributed by atoms with Gasteiger partial charge in [-0.2, -0.15) is 0 Å². The zero-order valence-corrected chi connectivity index (χ0v) is 9.73. The summed E-state index contributed by atoms with van der Waals surface area (Å²) in [4.78, 5) is 11.6. The number of ketones is 1. The maximum absolute atomic E-state index is 11.6. The SMILES string of the molecule is CC12CCC(CC1=O)C2(C)C.[Mg]. The minimum atomic E-state index is 0. The van der Waals surface area contributed by atoms with Crippen LogP contribution in [0.15, 0.2) is 0 Å². The Labute approximate surface area is 90.4 Å². The van der Waals surface area contributed by atoms with Crippen LogP contribution in [-0.2, 0) is 4.79 Å². The lowest BCUT2D eigenvalue weighted by Crippen LogP contribution is -2.32. The van der Waals surface area contributed by atoms with E-state index in [1.54, 1.807) is 0 Å². The predicted molar refractivity (Wildman–Crippen MR) is 50.0 cm³/mol. The van der Waals surface area contributed by atoms with E-state index in [4.69, 9.17) is 0 Å². The second kappa shape index (κ2) is 2.71. The van der Waals surface area contributed by atoms with Crippen molar-refractivity contribution in [3.8, 4) is 0 Å². The predicted octanol–water partition coefficient (Wildman–Crippen LogP) is 2.02. The molecule has 2 aliphatic rings. The molecule has 0 saturated heterocycles. The molecule has 0 N–H and O–H groups in total. The van der Waals surface area contributed by atoms with Crippen LogP contribution in [0.5, 0.6) is 0 Å². The van der Waals surface area contributed by atoms with Crippen molar-refractivity contribution >= 4 is 28.8 Å². The molecule has 2 radical (unpaired) electrons. The molecule has 2 fully saturated rings. The molecule has 1 nitrogen and oxygen atoms in total. The number of hydrogen-bond acceptors (Lipinski definition) is 1. The number of rotatable bonds is 0. The lowest BCUT2D eigenvalue weighted by atomic mass is 9.70. The zero-order chi connectivity index (χ0) is 8.28. The van der Waals surface area contributed by atoms with Crippen molar-refractivity contribution in [1.29, 1.82) is 0 Å². The van der Waals surface area contributed by atoms with Gasteiger partial charge in [0, 0.05) is 34.9 Å². The van der Waals surface area contributed by atoms with Crippen molar-refractivity contribution in [3.63, 3.8) is 0 Å². The fourth-order valence-corrected chi connectivity index (χ4v) is 2.90. The monoisotopic (exact) mass is 176 g/mol. The number of fused-ring (bicyclic) bond motifs is 2. The van der Waals surface area contributed by atoms with E-state index in [9.17, 15) is 4.79 Å². The molecule has 0 aromatic rings. The third-order valence-electron chi connectivity index (χ3n) is 4.48. The average Bonchev–Trinajstić information content (AvgIpc) is 2.20. The van der Waals surface area contributed by atoms with Crippen LogP contribution < -0.4 is 0 Å². The number of hydrogen-bond donors (Lipinski definition) is 0. The summed E-state index contributed by atoms with van der Waals surface area (Å²) >= 11 is 0. The normalized spacial score (nSPS) is 42.9. The van der Waals surface area contributed by atoms with Gasteiger partial charge < -0.3 is 0 Å². The van der Waals surface area contributed by atoms with Crippen LogP contribution in [0.4, 0.5) is 0 Å². The van der Waals surface area contributed by atoms with Crippen molar-refractivity contribution in [2.45, 2.75) is 40.0 Å². The van der Waals surface area contributed by atoms with Gasteiger partial charge in [-0.15, -0.1) is 0 Å². The molecule has 0 aromatic carbocycles. The van der Waals surface area contributed by atoms with Crippen LogP contribution in [0.1, 0.15) is 40.0 Å². The lowest BCUT2D eigenvalue weighted by Gasteiger charge is -2.32. The minimum absolute atomic E-state index is 0. The summed E-state index contributed by atoms with van der Waals surface area (Å²) in [5.41, 5.74) is 0.307. The van der Waals surface area contributed by atoms with Crippen LogP contribution in [0.3, 0.4) is 0 Å². The first-order valence-electron chi connectivity index (χ1n) is 4.52. The van der Waals surface area contributed by atoms with E-state index in [1.807, 2.05) is 0 Å². The minimum Gasteiger partial charge on any atom is -0.299 e. The summed E-state index contributed by atoms with van der Waals surface area (Å²) in [5, 5.41) is 0. The third-order valence-corrected chi connectivity index (χ3v) is 4.48. The molecule has 2 saturated carbocycles. The second-order valence-electron chi connectivity index (χ2n) is 4.92. The van der Waals surface area contributed by atoms with Gasteiger partial charge in [0.15, 0.2) is 0 Å². The summed E-state index contributed by atoms with van der Waals surface area (Å²) < 4.78 is 0. The largest absolute Gasteiger partial charge is 0.299 e. The molecule has 2 bridgehead atoms. The van der Waals surface area contributed by atoms with Gasteiger partial charge in [-0.05, 0) is 24.2 Å². The van der Waals surface area contributed by atoms with Gasteiger partial charge in [-0.1, -0.05) is 20.8 Å². The first-order chi connectivity index (χ1) is 4.98. The van der Waals surface area contributed by atoms with E-state index >= 15 is 0 Å². The van der Waals surface area contributed by atoms with Gasteiger partial charge in [0.2, 0.25) is 0 Å². The lowest BCUT2D eigenvalue weighted by molar-refractivity contribution is -0.128. The third kappa shape index (κ3) is 0.940. The van der Waals surface area contributed by atoms with Crippen molar-refractivity contribution in [1.82, 2.24) is 0 Å². The summed E-state index contributed by atoms with van der Waals surface area (Å²) in [6, 6.07) is 0. The van der Waals surface area contributed by atoms with E-state index in [0.717, 1.165) is 12.8 Å². The van der Waals surface area contributed by atoms with E-state index in [-0.39, 0.29) is 33.9 Å². The summed E-state index contributed by atoms with van der Waals surface area (Å²) in [6.07, 6.45) is 3.25. The molecular weight excluding hydrogens is 160 g/mol. The first-order valence-corrected chi connectivity index (χ1v) is 4.52. The Morgan fingerprint density at radius 1 is 1.33 bits per heavy atom. The van der Waals surface area contributed by atoms with Crippen molar-refractivity contribution in [2.24, 2.45) is 16.7 Å². The van der Waals surface area contributed by atoms with Gasteiger partial charge >= 0.3 is 0 Å². The van der Waals surface area contributed by atoms with Gasteiger partial charge in [0.1, 0.15) is 5.78 Å². The second-order valence-corrected chi connectivity index (χ2v) is 4.92. The Balaban J connectivity index is 0.000000720. The summed E-state index contributed by atoms with van der Waals surface area (Å²) in [7, 11) is 0. The topological polar surface area (TPSA) is 17.1 Å². The molecule has 0 amide bonds. The van der Waals surface area contributed by atoms with Crippen LogP contribution in [-0.4, -0.2) is 28.8 Å². The molecule has 2 aliphatic carbocycles. The maximum atomic E-state index is 11.6. The van der Waals surface area contributed by atoms with Crippen molar-refractivity contribution < 1.29 is 4.79 Å². The Morgan fingerprint density at radius 3 is 2.08 bits per heavy atom. The Bertz CT molecular complexity index is 222. The molecule has 0 spiro atoms. The highest BCUT2D eigenvalue weighted by Gasteiger charge is 2.61. The fourth-order valence-electron chi connectivity index (χ4n) is 2.90. The smallest absolute Gasteiger partial charge is 0.139 e. The van der Waals surface area contributed by atoms with E-state index in [0.29, 0.717) is 11.7 Å².